The van der Waals surface area contributed by atoms with Gasteiger partial charge in [-0.3, -0.25) is 9.59 Å². The van der Waals surface area contributed by atoms with E-state index in [0.717, 1.165) is 50.4 Å². The Balaban J connectivity index is 1.78. The zero-order valence-corrected chi connectivity index (χ0v) is 18.3. The number of anilines is 2. The van der Waals surface area contributed by atoms with Crippen LogP contribution in [0, 0.1) is 5.92 Å². The van der Waals surface area contributed by atoms with Crippen molar-refractivity contribution in [2.75, 3.05) is 29.2 Å². The summed E-state index contributed by atoms with van der Waals surface area (Å²) in [6.45, 7) is 4.21. The molecule has 2 N–H and O–H groups in total. The van der Waals surface area contributed by atoms with E-state index < -0.39 is 0 Å². The highest BCUT2D eigenvalue weighted by molar-refractivity contribution is 6.18. The van der Waals surface area contributed by atoms with E-state index in [1.807, 2.05) is 18.2 Å². The van der Waals surface area contributed by atoms with Crippen molar-refractivity contribution in [3.8, 4) is 0 Å². The van der Waals surface area contributed by atoms with Crippen LogP contribution in [0.4, 0.5) is 11.4 Å². The van der Waals surface area contributed by atoms with E-state index in [9.17, 15) is 9.59 Å². The number of nitrogens with one attached hydrogen (secondary N) is 2. The van der Waals surface area contributed by atoms with Gasteiger partial charge in [-0.1, -0.05) is 26.2 Å². The molecule has 1 aliphatic heterocycles. The molecule has 1 saturated carbocycles. The maximum absolute atomic E-state index is 13.2. The molecule has 5 nitrogen and oxygen atoms in total. The molecule has 1 saturated heterocycles. The highest BCUT2D eigenvalue weighted by Crippen LogP contribution is 2.29. The van der Waals surface area contributed by atoms with Gasteiger partial charge in [-0.25, -0.2) is 0 Å². The average molecular weight is 420 g/mol. The molecule has 0 unspecified atom stereocenters. The normalized spacial score (nSPS) is 18.5. The maximum atomic E-state index is 13.2. The number of carbonyl (C=O) groups is 2. The first-order valence-corrected chi connectivity index (χ1v) is 11.7. The summed E-state index contributed by atoms with van der Waals surface area (Å²) in [7, 11) is 0. The summed E-state index contributed by atoms with van der Waals surface area (Å²) in [5, 5.41) is 6.16. The summed E-state index contributed by atoms with van der Waals surface area (Å²) in [4.78, 5) is 27.6. The van der Waals surface area contributed by atoms with E-state index in [4.69, 9.17) is 11.6 Å². The Kier molecular flexibility index (Phi) is 8.22. The van der Waals surface area contributed by atoms with Gasteiger partial charge in [0.2, 0.25) is 5.91 Å². The number of hydrogen-bond donors (Lipinski definition) is 2. The molecule has 2 fully saturated rings. The fourth-order valence-corrected chi connectivity index (χ4v) is 4.42. The first-order chi connectivity index (χ1) is 14.1. The molecular weight excluding hydrogens is 386 g/mol. The van der Waals surface area contributed by atoms with Gasteiger partial charge < -0.3 is 15.5 Å². The SMILES string of the molecule is CC1CCN(c2ccc(NC(=O)CCCCl)cc2C(=O)NC2CCCCC2)CC1. The van der Waals surface area contributed by atoms with Gasteiger partial charge in [0.15, 0.2) is 0 Å². The van der Waals surface area contributed by atoms with Crippen LogP contribution in [0.15, 0.2) is 18.2 Å². The van der Waals surface area contributed by atoms with Crippen LogP contribution in [-0.4, -0.2) is 36.8 Å². The fraction of sp³-hybridized carbons (Fsp3) is 0.652. The zero-order chi connectivity index (χ0) is 20.6. The van der Waals surface area contributed by atoms with Crippen molar-refractivity contribution >= 4 is 34.8 Å². The lowest BCUT2D eigenvalue weighted by Crippen LogP contribution is -2.38. The highest BCUT2D eigenvalue weighted by Gasteiger charge is 2.24. The van der Waals surface area contributed by atoms with Crippen LogP contribution in [-0.2, 0) is 4.79 Å². The lowest BCUT2D eigenvalue weighted by molar-refractivity contribution is -0.116. The second kappa shape index (κ2) is 10.9. The summed E-state index contributed by atoms with van der Waals surface area (Å²) in [5.74, 6) is 1.10. The lowest BCUT2D eigenvalue weighted by Gasteiger charge is -2.34. The summed E-state index contributed by atoms with van der Waals surface area (Å²) in [6.07, 6.45) is 9.03. The van der Waals surface area contributed by atoms with E-state index in [2.05, 4.69) is 22.5 Å². The number of carbonyl (C=O) groups excluding carboxylic acids is 2. The van der Waals surface area contributed by atoms with Crippen LogP contribution in [0.2, 0.25) is 0 Å². The van der Waals surface area contributed by atoms with Crippen molar-refractivity contribution in [3.05, 3.63) is 23.8 Å². The number of halogens is 1. The number of alkyl halides is 1. The first kappa shape index (κ1) is 21.9. The molecule has 0 bridgehead atoms. The molecule has 2 aliphatic rings. The lowest BCUT2D eigenvalue weighted by atomic mass is 9.95. The van der Waals surface area contributed by atoms with Gasteiger partial charge in [-0.2, -0.15) is 0 Å². The molecule has 6 heteroatoms. The van der Waals surface area contributed by atoms with Crippen molar-refractivity contribution < 1.29 is 9.59 Å². The van der Waals surface area contributed by atoms with E-state index in [1.54, 1.807) is 0 Å². The van der Waals surface area contributed by atoms with Crippen LogP contribution in [0.1, 0.15) is 75.1 Å². The molecule has 1 heterocycles. The standard InChI is InChI=1S/C23H34ClN3O2/c1-17-11-14-27(15-12-17)21-10-9-19(25-22(28)8-5-13-24)16-20(21)23(29)26-18-6-3-2-4-7-18/h9-10,16-18H,2-8,11-15H2,1H3,(H,25,28)(H,26,29). The zero-order valence-electron chi connectivity index (χ0n) is 17.5. The number of amides is 2. The molecule has 1 aromatic carbocycles. The Bertz CT molecular complexity index is 695. The molecule has 2 amide bonds. The fourth-order valence-electron chi connectivity index (χ4n) is 4.28. The Labute approximate surface area is 179 Å². The maximum Gasteiger partial charge on any atom is 0.253 e. The van der Waals surface area contributed by atoms with E-state index >= 15 is 0 Å². The predicted octanol–water partition coefficient (Wildman–Crippen LogP) is 4.94. The highest BCUT2D eigenvalue weighted by atomic mass is 35.5. The second-order valence-corrected chi connectivity index (χ2v) is 8.93. The van der Waals surface area contributed by atoms with Crippen molar-refractivity contribution in [2.45, 2.75) is 70.8 Å². The molecule has 1 aliphatic carbocycles. The summed E-state index contributed by atoms with van der Waals surface area (Å²) in [5.41, 5.74) is 2.32. The van der Waals surface area contributed by atoms with Crippen LogP contribution < -0.4 is 15.5 Å². The van der Waals surface area contributed by atoms with E-state index in [-0.39, 0.29) is 17.9 Å². The largest absolute Gasteiger partial charge is 0.371 e. The molecule has 29 heavy (non-hydrogen) atoms. The average Bonchev–Trinajstić information content (AvgIpc) is 2.73. The molecule has 160 valence electrons. The molecular formula is C23H34ClN3O2. The third-order valence-electron chi connectivity index (χ3n) is 6.13. The quantitative estimate of drug-likeness (QED) is 0.615. The van der Waals surface area contributed by atoms with Crippen molar-refractivity contribution in [1.82, 2.24) is 5.32 Å². The van der Waals surface area contributed by atoms with Gasteiger partial charge in [0.1, 0.15) is 0 Å². The van der Waals surface area contributed by atoms with Gasteiger partial charge in [-0.15, -0.1) is 11.6 Å². The number of piperidine rings is 1. The Hall–Kier alpha value is -1.75. The van der Waals surface area contributed by atoms with E-state index in [1.165, 1.54) is 19.3 Å². The number of rotatable bonds is 7. The van der Waals surface area contributed by atoms with Crippen molar-refractivity contribution in [2.24, 2.45) is 5.92 Å². The minimum Gasteiger partial charge on any atom is -0.371 e. The van der Waals surface area contributed by atoms with Gasteiger partial charge >= 0.3 is 0 Å². The number of hydrogen-bond acceptors (Lipinski definition) is 3. The molecule has 3 rings (SSSR count). The van der Waals surface area contributed by atoms with Crippen molar-refractivity contribution in [1.29, 1.82) is 0 Å². The van der Waals surface area contributed by atoms with Gasteiger partial charge in [0.05, 0.1) is 5.56 Å². The summed E-state index contributed by atoms with van der Waals surface area (Å²) in [6, 6.07) is 5.99. The minimum absolute atomic E-state index is 0.0256. The third-order valence-corrected chi connectivity index (χ3v) is 6.39. The molecule has 0 spiro atoms. The Morgan fingerprint density at radius 3 is 2.52 bits per heavy atom. The van der Waals surface area contributed by atoms with Gasteiger partial charge in [0.25, 0.3) is 5.91 Å². The molecule has 0 radical (unpaired) electrons. The monoisotopic (exact) mass is 419 g/mol. The van der Waals surface area contributed by atoms with Crippen LogP contribution >= 0.6 is 11.6 Å². The third kappa shape index (κ3) is 6.36. The minimum atomic E-state index is -0.0659. The van der Waals surface area contributed by atoms with Crippen molar-refractivity contribution in [3.63, 3.8) is 0 Å². The summed E-state index contributed by atoms with van der Waals surface area (Å²) >= 11 is 5.69. The van der Waals surface area contributed by atoms with Crippen LogP contribution in [0.3, 0.4) is 0 Å². The molecule has 1 aromatic rings. The number of nitrogens with zero attached hydrogens (tertiary/aromatic N) is 1. The second-order valence-electron chi connectivity index (χ2n) is 8.55. The molecule has 0 aromatic heterocycles. The number of benzene rings is 1. The summed E-state index contributed by atoms with van der Waals surface area (Å²) < 4.78 is 0. The topological polar surface area (TPSA) is 61.4 Å². The van der Waals surface area contributed by atoms with Crippen LogP contribution in [0.25, 0.3) is 0 Å². The Morgan fingerprint density at radius 1 is 1.10 bits per heavy atom. The first-order valence-electron chi connectivity index (χ1n) is 11.1. The van der Waals surface area contributed by atoms with Gasteiger partial charge in [-0.05, 0) is 56.2 Å². The van der Waals surface area contributed by atoms with Gasteiger partial charge in [0, 0.05) is 42.8 Å². The Morgan fingerprint density at radius 2 is 1.83 bits per heavy atom. The molecule has 0 atom stereocenters. The van der Waals surface area contributed by atoms with Crippen LogP contribution in [0.5, 0.6) is 0 Å². The van der Waals surface area contributed by atoms with E-state index in [0.29, 0.717) is 30.0 Å². The predicted molar refractivity (Wildman–Crippen MR) is 120 cm³/mol. The smallest absolute Gasteiger partial charge is 0.253 e.